The van der Waals surface area contributed by atoms with Gasteiger partial charge in [-0.3, -0.25) is 4.79 Å². The summed E-state index contributed by atoms with van der Waals surface area (Å²) in [6.45, 7) is 7.45. The molecule has 8 nitrogen and oxygen atoms in total. The van der Waals surface area contributed by atoms with Crippen LogP contribution in [0.1, 0.15) is 46.0 Å². The first-order chi connectivity index (χ1) is 14.6. The van der Waals surface area contributed by atoms with Crippen molar-refractivity contribution < 1.29 is 27.5 Å². The summed E-state index contributed by atoms with van der Waals surface area (Å²) in [6, 6.07) is 6.97. The molecule has 0 saturated heterocycles. The molecule has 1 heterocycles. The van der Waals surface area contributed by atoms with Crippen molar-refractivity contribution in [3.8, 4) is 0 Å². The number of aromatic nitrogens is 1. The first-order valence-electron chi connectivity index (χ1n) is 10.0. The van der Waals surface area contributed by atoms with E-state index in [9.17, 15) is 18.0 Å². The highest BCUT2D eigenvalue weighted by Crippen LogP contribution is 2.27. The first kappa shape index (κ1) is 24.8. The molecule has 1 atom stereocenters. The summed E-state index contributed by atoms with van der Waals surface area (Å²) in [4.78, 5) is 26.0. The van der Waals surface area contributed by atoms with E-state index in [-0.39, 0.29) is 23.8 Å². The maximum absolute atomic E-state index is 13.5. The number of Topliss-reactive ketones (excluding diaryl/α,β-unsaturated/α-hetero) is 1. The fourth-order valence-electron chi connectivity index (χ4n) is 3.78. The lowest BCUT2D eigenvalue weighted by Gasteiger charge is -2.27. The molecule has 0 amide bonds. The van der Waals surface area contributed by atoms with E-state index in [0.717, 1.165) is 4.31 Å². The Bertz CT molecular complexity index is 1040. The average molecular weight is 451 g/mol. The zero-order chi connectivity index (χ0) is 23.3. The van der Waals surface area contributed by atoms with Gasteiger partial charge >= 0.3 is 5.97 Å². The Morgan fingerprint density at radius 1 is 1.13 bits per heavy atom. The summed E-state index contributed by atoms with van der Waals surface area (Å²) in [6.07, 6.45) is 0. The average Bonchev–Trinajstić information content (AvgIpc) is 3.02. The van der Waals surface area contributed by atoms with E-state index in [1.807, 2.05) is 6.92 Å². The lowest BCUT2D eigenvalue weighted by atomic mass is 10.0. The number of hydrogen-bond acceptors (Lipinski definition) is 6. The van der Waals surface area contributed by atoms with E-state index in [2.05, 4.69) is 0 Å². The van der Waals surface area contributed by atoms with Gasteiger partial charge in [0.05, 0.1) is 24.7 Å². The monoisotopic (exact) mass is 450 g/mol. The Hall–Kier alpha value is -2.49. The van der Waals surface area contributed by atoms with Gasteiger partial charge in [0.1, 0.15) is 5.69 Å². The van der Waals surface area contributed by atoms with Gasteiger partial charge in [0.25, 0.3) is 0 Å². The second-order valence-corrected chi connectivity index (χ2v) is 9.02. The molecule has 31 heavy (non-hydrogen) atoms. The third-order valence-electron chi connectivity index (χ3n) is 5.39. The lowest BCUT2D eigenvalue weighted by Crippen LogP contribution is -2.45. The molecule has 1 aromatic heterocycles. The van der Waals surface area contributed by atoms with Crippen LogP contribution >= 0.6 is 0 Å². The third-order valence-corrected chi connectivity index (χ3v) is 7.37. The molecule has 0 fully saturated rings. The highest BCUT2D eigenvalue weighted by atomic mass is 32.2. The predicted octanol–water partition coefficient (Wildman–Crippen LogP) is 2.82. The van der Waals surface area contributed by atoms with Crippen molar-refractivity contribution in [3.63, 3.8) is 0 Å². The van der Waals surface area contributed by atoms with Gasteiger partial charge in [-0.25, -0.2) is 13.2 Å². The topological polar surface area (TPSA) is 94.9 Å². The Balaban J connectivity index is 2.56. The molecule has 0 radical (unpaired) electrons. The van der Waals surface area contributed by atoms with Crippen molar-refractivity contribution in [3.05, 3.63) is 52.8 Å². The molecule has 0 aliphatic carbocycles. The Morgan fingerprint density at radius 3 is 2.26 bits per heavy atom. The number of nitrogens with zero attached hydrogens (tertiary/aromatic N) is 2. The summed E-state index contributed by atoms with van der Waals surface area (Å²) >= 11 is 0. The molecule has 0 N–H and O–H groups in total. The molecule has 0 spiro atoms. The highest BCUT2D eigenvalue weighted by Gasteiger charge is 2.36. The van der Waals surface area contributed by atoms with E-state index >= 15 is 0 Å². The number of ketones is 1. The summed E-state index contributed by atoms with van der Waals surface area (Å²) in [7, 11) is -1.19. The molecule has 0 saturated carbocycles. The maximum atomic E-state index is 13.5. The number of hydrogen-bond donors (Lipinski definition) is 0. The van der Waals surface area contributed by atoms with Crippen LogP contribution < -0.4 is 0 Å². The minimum absolute atomic E-state index is 0.0110. The molecular formula is C22H30N2O6S. The van der Waals surface area contributed by atoms with Crippen LogP contribution in [0.15, 0.2) is 35.2 Å². The van der Waals surface area contributed by atoms with Gasteiger partial charge in [0, 0.05) is 31.5 Å². The highest BCUT2D eigenvalue weighted by molar-refractivity contribution is 7.89. The van der Waals surface area contributed by atoms with Gasteiger partial charge in [-0.1, -0.05) is 18.2 Å². The molecule has 2 rings (SSSR count). The van der Waals surface area contributed by atoms with Gasteiger partial charge in [-0.2, -0.15) is 4.31 Å². The van der Waals surface area contributed by atoms with E-state index in [4.69, 9.17) is 9.47 Å². The molecule has 1 unspecified atom stereocenters. The summed E-state index contributed by atoms with van der Waals surface area (Å²) in [5, 5.41) is 0. The standard InChI is InChI=1S/C22H30N2O6S/c1-7-23-16(3)19(15(2)20(23)22(26)30-6)21(25)17(4)24(13-14-29-5)31(27,28)18-11-9-8-10-12-18/h8-12,17H,7,13-14H2,1-6H3. The van der Waals surface area contributed by atoms with Crippen LogP contribution in [-0.2, 0) is 26.0 Å². The normalized spacial score (nSPS) is 12.7. The van der Waals surface area contributed by atoms with Crippen molar-refractivity contribution in [2.45, 2.75) is 45.2 Å². The summed E-state index contributed by atoms with van der Waals surface area (Å²) in [5.74, 6) is -0.926. The Labute approximate surface area is 183 Å². The quantitative estimate of drug-likeness (QED) is 0.408. The Kier molecular flexibility index (Phi) is 8.16. The fraction of sp³-hybridized carbons (Fsp3) is 0.455. The van der Waals surface area contributed by atoms with Gasteiger partial charge in [0.15, 0.2) is 5.78 Å². The fourth-order valence-corrected chi connectivity index (χ4v) is 5.38. The van der Waals surface area contributed by atoms with Gasteiger partial charge in [-0.15, -0.1) is 0 Å². The lowest BCUT2D eigenvalue weighted by molar-refractivity contribution is 0.0587. The van der Waals surface area contributed by atoms with E-state index in [1.54, 1.807) is 43.5 Å². The summed E-state index contributed by atoms with van der Waals surface area (Å²) in [5.41, 5.74) is 1.71. The number of carbonyl (C=O) groups is 2. The van der Waals surface area contributed by atoms with Crippen molar-refractivity contribution >= 4 is 21.8 Å². The third kappa shape index (κ3) is 4.73. The number of benzene rings is 1. The van der Waals surface area contributed by atoms with E-state index in [0.29, 0.717) is 29.1 Å². The van der Waals surface area contributed by atoms with Crippen molar-refractivity contribution in [2.24, 2.45) is 0 Å². The minimum Gasteiger partial charge on any atom is -0.464 e. The largest absolute Gasteiger partial charge is 0.464 e. The maximum Gasteiger partial charge on any atom is 0.354 e. The van der Waals surface area contributed by atoms with Crippen LogP contribution in [-0.4, -0.2) is 62.5 Å². The molecule has 0 aliphatic heterocycles. The van der Waals surface area contributed by atoms with Crippen LogP contribution in [0.5, 0.6) is 0 Å². The number of esters is 1. The van der Waals surface area contributed by atoms with Gasteiger partial charge in [0.2, 0.25) is 10.0 Å². The molecular weight excluding hydrogens is 420 g/mol. The second kappa shape index (κ2) is 10.2. The van der Waals surface area contributed by atoms with E-state index in [1.165, 1.54) is 26.4 Å². The zero-order valence-corrected chi connectivity index (χ0v) is 19.7. The number of rotatable bonds is 10. The van der Waals surface area contributed by atoms with Crippen molar-refractivity contribution in [2.75, 3.05) is 27.4 Å². The molecule has 2 aromatic rings. The molecule has 9 heteroatoms. The van der Waals surface area contributed by atoms with Gasteiger partial charge in [-0.05, 0) is 45.4 Å². The molecule has 170 valence electrons. The SMILES string of the molecule is CCn1c(C)c(C(=O)C(C)N(CCOC)S(=O)(=O)c2ccccc2)c(C)c1C(=O)OC. The van der Waals surface area contributed by atoms with Crippen LogP contribution in [0.3, 0.4) is 0 Å². The number of carbonyl (C=O) groups excluding carboxylic acids is 2. The number of sulfonamides is 1. The smallest absolute Gasteiger partial charge is 0.354 e. The zero-order valence-electron chi connectivity index (χ0n) is 18.8. The molecule has 1 aromatic carbocycles. The molecule has 0 bridgehead atoms. The number of ether oxygens (including phenoxy) is 2. The van der Waals surface area contributed by atoms with Crippen molar-refractivity contribution in [1.29, 1.82) is 0 Å². The van der Waals surface area contributed by atoms with Crippen LogP contribution in [0.25, 0.3) is 0 Å². The second-order valence-electron chi connectivity index (χ2n) is 7.13. The van der Waals surface area contributed by atoms with Crippen LogP contribution in [0, 0.1) is 13.8 Å². The first-order valence-corrected chi connectivity index (χ1v) is 11.4. The predicted molar refractivity (Wildman–Crippen MR) is 117 cm³/mol. The van der Waals surface area contributed by atoms with Crippen LogP contribution in [0.2, 0.25) is 0 Å². The molecule has 0 aliphatic rings. The Morgan fingerprint density at radius 2 is 1.74 bits per heavy atom. The van der Waals surface area contributed by atoms with Gasteiger partial charge < -0.3 is 14.0 Å². The van der Waals surface area contributed by atoms with E-state index < -0.39 is 22.0 Å². The van der Waals surface area contributed by atoms with Crippen molar-refractivity contribution in [1.82, 2.24) is 8.87 Å². The summed E-state index contributed by atoms with van der Waals surface area (Å²) < 4.78 is 39.5. The minimum atomic E-state index is -3.95. The van der Waals surface area contributed by atoms with Crippen LogP contribution in [0.4, 0.5) is 0 Å². The number of methoxy groups -OCH3 is 2.